The molecule has 8 heteroatoms. The fraction of sp³-hybridized carbons (Fsp3) is 0.200. The number of rotatable bonds is 5. The predicted molar refractivity (Wildman–Crippen MR) is 136 cm³/mol. The number of hydrogen-bond acceptors (Lipinski definition) is 4. The summed E-state index contributed by atoms with van der Waals surface area (Å²) in [5.74, 6) is 1.17. The van der Waals surface area contributed by atoms with Gasteiger partial charge in [-0.3, -0.25) is 4.72 Å². The van der Waals surface area contributed by atoms with Crippen molar-refractivity contribution in [2.45, 2.75) is 23.3 Å². The predicted octanol–water partition coefficient (Wildman–Crippen LogP) is 6.74. The van der Waals surface area contributed by atoms with Crippen LogP contribution in [0.25, 0.3) is 0 Å². The second-order valence-electron chi connectivity index (χ2n) is 8.20. The molecule has 1 aliphatic carbocycles. The van der Waals surface area contributed by atoms with Crippen LogP contribution in [0.15, 0.2) is 82.2 Å². The van der Waals surface area contributed by atoms with Crippen LogP contribution in [-0.4, -0.2) is 15.5 Å². The first kappa shape index (κ1) is 22.3. The zero-order valence-electron chi connectivity index (χ0n) is 17.8. The second kappa shape index (κ2) is 8.70. The molecule has 1 aliphatic heterocycles. The highest BCUT2D eigenvalue weighted by atomic mass is 79.9. The molecule has 3 aromatic rings. The van der Waals surface area contributed by atoms with Gasteiger partial charge in [0.1, 0.15) is 5.75 Å². The van der Waals surface area contributed by atoms with Crippen LogP contribution in [0.4, 0.5) is 11.4 Å². The molecule has 0 saturated heterocycles. The second-order valence-corrected chi connectivity index (χ2v) is 11.2. The van der Waals surface area contributed by atoms with Gasteiger partial charge in [0.05, 0.1) is 28.8 Å². The highest BCUT2D eigenvalue weighted by Gasteiger charge is 2.39. The number of allylic oxidation sites excluding steroid dienone is 2. The standard InChI is InChI=1S/C25H22BrClN2O3S/c1-32-24-12-9-15(26)13-20(24)25-18-6-4-5-17(18)19-14-16(10-11-22(19)28-25)33(30,31)29-23-8-3-2-7-21(23)27/h2-5,7-14,17-18,25,28-29H,6H2,1H3/t17-,18+,25-/m0/s1. The maximum absolute atomic E-state index is 13.1. The van der Waals surface area contributed by atoms with E-state index < -0.39 is 10.0 Å². The van der Waals surface area contributed by atoms with E-state index in [1.54, 1.807) is 43.5 Å². The molecule has 0 saturated carbocycles. The van der Waals surface area contributed by atoms with Gasteiger partial charge in [-0.2, -0.15) is 0 Å². The maximum atomic E-state index is 13.1. The smallest absolute Gasteiger partial charge is 0.261 e. The summed E-state index contributed by atoms with van der Waals surface area (Å²) in [6.45, 7) is 0. The van der Waals surface area contributed by atoms with Gasteiger partial charge >= 0.3 is 0 Å². The van der Waals surface area contributed by atoms with Crippen LogP contribution in [0, 0.1) is 5.92 Å². The molecule has 0 unspecified atom stereocenters. The lowest BCUT2D eigenvalue weighted by molar-refractivity contribution is 0.381. The molecule has 2 aliphatic rings. The molecule has 3 atom stereocenters. The highest BCUT2D eigenvalue weighted by Crippen LogP contribution is 2.51. The maximum Gasteiger partial charge on any atom is 0.261 e. The van der Waals surface area contributed by atoms with Crippen molar-refractivity contribution in [1.29, 1.82) is 0 Å². The minimum absolute atomic E-state index is 0.0358. The molecular formula is C25H22BrClN2O3S. The minimum atomic E-state index is -3.79. The normalized spacial score (nSPS) is 21.1. The molecule has 1 heterocycles. The zero-order chi connectivity index (χ0) is 23.2. The molecule has 2 N–H and O–H groups in total. The van der Waals surface area contributed by atoms with Crippen molar-refractivity contribution in [2.24, 2.45) is 5.92 Å². The molecule has 5 rings (SSSR count). The summed E-state index contributed by atoms with van der Waals surface area (Å²) in [6, 6.07) is 18.1. The Labute approximate surface area is 207 Å². The van der Waals surface area contributed by atoms with E-state index in [4.69, 9.17) is 16.3 Å². The first-order chi connectivity index (χ1) is 15.9. The van der Waals surface area contributed by atoms with Crippen molar-refractivity contribution in [3.8, 4) is 5.75 Å². The van der Waals surface area contributed by atoms with E-state index in [-0.39, 0.29) is 22.8 Å². The number of ether oxygens (including phenoxy) is 1. The number of methoxy groups -OCH3 is 1. The van der Waals surface area contributed by atoms with Gasteiger partial charge in [0.15, 0.2) is 0 Å². The fourth-order valence-electron chi connectivity index (χ4n) is 4.74. The summed E-state index contributed by atoms with van der Waals surface area (Å²) >= 11 is 9.73. The minimum Gasteiger partial charge on any atom is -0.496 e. The van der Waals surface area contributed by atoms with Crippen molar-refractivity contribution in [3.05, 3.63) is 93.4 Å². The number of nitrogens with one attached hydrogen (secondary N) is 2. The van der Waals surface area contributed by atoms with Crippen LogP contribution in [-0.2, 0) is 10.0 Å². The number of hydrogen-bond donors (Lipinski definition) is 2. The van der Waals surface area contributed by atoms with Gasteiger partial charge < -0.3 is 10.1 Å². The highest BCUT2D eigenvalue weighted by molar-refractivity contribution is 9.10. The fourth-order valence-corrected chi connectivity index (χ4v) is 6.48. The van der Waals surface area contributed by atoms with Crippen molar-refractivity contribution in [3.63, 3.8) is 0 Å². The van der Waals surface area contributed by atoms with E-state index in [2.05, 4.69) is 44.2 Å². The third kappa shape index (κ3) is 4.14. The number of sulfonamides is 1. The van der Waals surface area contributed by atoms with Gasteiger partial charge in [0.2, 0.25) is 0 Å². The Kier molecular flexibility index (Phi) is 5.89. The van der Waals surface area contributed by atoms with Crippen LogP contribution in [0.2, 0.25) is 5.02 Å². The average molecular weight is 546 g/mol. The first-order valence-electron chi connectivity index (χ1n) is 10.6. The summed E-state index contributed by atoms with van der Waals surface area (Å²) < 4.78 is 35.4. The summed E-state index contributed by atoms with van der Waals surface area (Å²) in [4.78, 5) is 0.209. The van der Waals surface area contributed by atoms with E-state index >= 15 is 0 Å². The summed E-state index contributed by atoms with van der Waals surface area (Å²) in [7, 11) is -2.11. The quantitative estimate of drug-likeness (QED) is 0.349. The molecule has 3 aromatic carbocycles. The molecule has 5 nitrogen and oxygen atoms in total. The van der Waals surface area contributed by atoms with Gasteiger partial charge in [-0.05, 0) is 66.4 Å². The van der Waals surface area contributed by atoms with Gasteiger partial charge in [0, 0.05) is 21.6 Å². The van der Waals surface area contributed by atoms with Crippen LogP contribution in [0.5, 0.6) is 5.75 Å². The van der Waals surface area contributed by atoms with E-state index in [9.17, 15) is 8.42 Å². The number of para-hydroxylation sites is 1. The molecule has 0 fully saturated rings. The van der Waals surface area contributed by atoms with E-state index in [1.807, 2.05) is 18.2 Å². The molecule has 33 heavy (non-hydrogen) atoms. The monoisotopic (exact) mass is 544 g/mol. The number of anilines is 2. The lowest BCUT2D eigenvalue weighted by atomic mass is 9.77. The first-order valence-corrected chi connectivity index (χ1v) is 13.2. The largest absolute Gasteiger partial charge is 0.496 e. The SMILES string of the molecule is COc1ccc(Br)cc1[C@H]1Nc2ccc(S(=O)(=O)Nc3ccccc3Cl)cc2[C@H]2C=CC[C@H]21. The van der Waals surface area contributed by atoms with E-state index in [0.717, 1.165) is 33.5 Å². The van der Waals surface area contributed by atoms with E-state index in [1.165, 1.54) is 0 Å². The Morgan fingerprint density at radius 1 is 1.09 bits per heavy atom. The van der Waals surface area contributed by atoms with Crippen LogP contribution >= 0.6 is 27.5 Å². The zero-order valence-corrected chi connectivity index (χ0v) is 20.9. The van der Waals surface area contributed by atoms with Gasteiger partial charge in [-0.15, -0.1) is 0 Å². The topological polar surface area (TPSA) is 67.4 Å². The summed E-state index contributed by atoms with van der Waals surface area (Å²) in [6.07, 6.45) is 5.25. The molecule has 170 valence electrons. The van der Waals surface area contributed by atoms with E-state index in [0.29, 0.717) is 10.7 Å². The molecule has 0 spiro atoms. The Balaban J connectivity index is 1.52. The summed E-state index contributed by atoms with van der Waals surface area (Å²) in [5, 5.41) is 4.00. The molecule has 0 bridgehead atoms. The van der Waals surface area contributed by atoms with Gasteiger partial charge in [-0.25, -0.2) is 8.42 Å². The lowest BCUT2D eigenvalue weighted by Gasteiger charge is -2.38. The molecule has 0 radical (unpaired) electrons. The van der Waals surface area contributed by atoms with Crippen molar-refractivity contribution < 1.29 is 13.2 Å². The van der Waals surface area contributed by atoms with Gasteiger partial charge in [-0.1, -0.05) is 51.8 Å². The number of fused-ring (bicyclic) bond motifs is 3. The Morgan fingerprint density at radius 2 is 1.91 bits per heavy atom. The lowest BCUT2D eigenvalue weighted by Crippen LogP contribution is -2.29. The molecule has 0 amide bonds. The Morgan fingerprint density at radius 3 is 2.70 bits per heavy atom. The Bertz CT molecular complexity index is 1360. The third-order valence-electron chi connectivity index (χ3n) is 6.29. The molecule has 0 aromatic heterocycles. The number of halogens is 2. The van der Waals surface area contributed by atoms with Crippen LogP contribution < -0.4 is 14.8 Å². The Hall–Kier alpha value is -2.48. The van der Waals surface area contributed by atoms with Crippen molar-refractivity contribution in [2.75, 3.05) is 17.1 Å². The van der Waals surface area contributed by atoms with Crippen LogP contribution in [0.1, 0.15) is 29.5 Å². The average Bonchev–Trinajstić information content (AvgIpc) is 3.30. The van der Waals surface area contributed by atoms with Crippen molar-refractivity contribution >= 4 is 48.9 Å². The summed E-state index contributed by atoms with van der Waals surface area (Å²) in [5.41, 5.74) is 3.33. The van der Waals surface area contributed by atoms with Gasteiger partial charge in [0.25, 0.3) is 10.0 Å². The third-order valence-corrected chi connectivity index (χ3v) is 8.48. The number of benzene rings is 3. The van der Waals surface area contributed by atoms with Crippen LogP contribution in [0.3, 0.4) is 0 Å². The molecular weight excluding hydrogens is 524 g/mol. The van der Waals surface area contributed by atoms with Crippen molar-refractivity contribution in [1.82, 2.24) is 0 Å².